The van der Waals surface area contributed by atoms with Gasteiger partial charge in [-0.05, 0) is 25.5 Å². The predicted molar refractivity (Wildman–Crippen MR) is 107 cm³/mol. The van der Waals surface area contributed by atoms with Gasteiger partial charge < -0.3 is 9.47 Å². The summed E-state index contributed by atoms with van der Waals surface area (Å²) in [5, 5.41) is 0.277. The molecule has 0 spiro atoms. The monoisotopic (exact) mass is 405 g/mol. The Morgan fingerprint density at radius 3 is 2.71 bits per heavy atom. The third-order valence-corrected chi connectivity index (χ3v) is 4.98. The molecule has 1 aromatic carbocycles. The van der Waals surface area contributed by atoms with Gasteiger partial charge in [-0.25, -0.2) is 9.37 Å². The van der Waals surface area contributed by atoms with Gasteiger partial charge in [0.05, 0.1) is 36.0 Å². The third kappa shape index (κ3) is 3.47. The quantitative estimate of drug-likeness (QED) is 0.616. The highest BCUT2D eigenvalue weighted by molar-refractivity contribution is 6.33. The van der Waals surface area contributed by atoms with Gasteiger partial charge in [-0.3, -0.25) is 14.3 Å². The first-order valence-corrected chi connectivity index (χ1v) is 9.20. The maximum Gasteiger partial charge on any atom is 0.272 e. The maximum atomic E-state index is 14.3. The Bertz CT molecular complexity index is 1080. The van der Waals surface area contributed by atoms with E-state index >= 15 is 0 Å². The van der Waals surface area contributed by atoms with Crippen molar-refractivity contribution in [2.45, 2.75) is 26.3 Å². The van der Waals surface area contributed by atoms with E-state index in [0.29, 0.717) is 41.0 Å². The zero-order chi connectivity index (χ0) is 20.4. The number of aromatic nitrogens is 3. The smallest absolute Gasteiger partial charge is 0.272 e. The molecule has 0 amide bonds. The Kier molecular flexibility index (Phi) is 5.96. The molecule has 0 radical (unpaired) electrons. The number of pyridine rings is 1. The van der Waals surface area contributed by atoms with Crippen LogP contribution in [0.2, 0.25) is 5.02 Å². The summed E-state index contributed by atoms with van der Waals surface area (Å²) in [6.45, 7) is 4.00. The van der Waals surface area contributed by atoms with Crippen LogP contribution in [0.25, 0.3) is 22.3 Å². The fourth-order valence-corrected chi connectivity index (χ4v) is 3.48. The van der Waals surface area contributed by atoms with E-state index in [1.807, 2.05) is 6.92 Å². The summed E-state index contributed by atoms with van der Waals surface area (Å²) in [7, 11) is 2.96. The van der Waals surface area contributed by atoms with Crippen molar-refractivity contribution in [3.05, 3.63) is 51.3 Å². The van der Waals surface area contributed by atoms with Crippen LogP contribution in [-0.2, 0) is 4.74 Å². The van der Waals surface area contributed by atoms with Gasteiger partial charge in [-0.1, -0.05) is 18.5 Å². The summed E-state index contributed by atoms with van der Waals surface area (Å²) in [5.74, 6) is -0.516. The second-order valence-corrected chi connectivity index (χ2v) is 6.79. The molecule has 8 heteroatoms. The molecular formula is C20H21ClFN3O3. The molecule has 3 aromatic rings. The van der Waals surface area contributed by atoms with Crippen LogP contribution in [0.15, 0.2) is 29.2 Å². The lowest BCUT2D eigenvalue weighted by Gasteiger charge is -2.21. The number of methoxy groups -OCH3 is 2. The van der Waals surface area contributed by atoms with Crippen molar-refractivity contribution < 1.29 is 13.9 Å². The van der Waals surface area contributed by atoms with Crippen molar-refractivity contribution in [3.8, 4) is 17.0 Å². The second kappa shape index (κ2) is 8.24. The first kappa shape index (κ1) is 20.2. The molecule has 148 valence electrons. The largest absolute Gasteiger partial charge is 0.494 e. The summed E-state index contributed by atoms with van der Waals surface area (Å²) in [6, 6.07) is 4.22. The highest BCUT2D eigenvalue weighted by atomic mass is 35.5. The summed E-state index contributed by atoms with van der Waals surface area (Å²) in [6.07, 6.45) is 2.25. The van der Waals surface area contributed by atoms with E-state index in [0.717, 1.165) is 0 Å². The molecule has 28 heavy (non-hydrogen) atoms. The van der Waals surface area contributed by atoms with Crippen LogP contribution >= 0.6 is 11.6 Å². The minimum atomic E-state index is -0.559. The Hall–Kier alpha value is -2.51. The molecule has 6 nitrogen and oxygen atoms in total. The summed E-state index contributed by atoms with van der Waals surface area (Å²) in [4.78, 5) is 21.7. The van der Waals surface area contributed by atoms with Crippen LogP contribution in [0.1, 0.15) is 25.1 Å². The zero-order valence-corrected chi connectivity index (χ0v) is 16.9. The van der Waals surface area contributed by atoms with Crippen LogP contribution in [0.4, 0.5) is 4.39 Å². The van der Waals surface area contributed by atoms with Gasteiger partial charge in [0.25, 0.3) is 5.56 Å². The number of ether oxygens (including phenoxy) is 2. The molecule has 0 aliphatic heterocycles. The van der Waals surface area contributed by atoms with Gasteiger partial charge in [-0.2, -0.15) is 0 Å². The van der Waals surface area contributed by atoms with Crippen molar-refractivity contribution in [1.82, 2.24) is 14.5 Å². The third-order valence-electron chi connectivity index (χ3n) is 4.66. The standard InChI is InChI=1S/C20H21ClFN3O3/c1-5-12(10-27-3)25-16-6-7-23-18(19(16)24-11(2)20(25)26)13-8-15(22)17(28-4)9-14(13)21/h6-9,12H,5,10H2,1-4H3/t12-/m0/s1. The first-order chi connectivity index (χ1) is 13.4. The fourth-order valence-electron chi connectivity index (χ4n) is 3.24. The van der Waals surface area contributed by atoms with E-state index in [9.17, 15) is 9.18 Å². The summed E-state index contributed by atoms with van der Waals surface area (Å²) < 4.78 is 26.2. The van der Waals surface area contributed by atoms with E-state index in [2.05, 4.69) is 9.97 Å². The van der Waals surface area contributed by atoms with Crippen molar-refractivity contribution in [3.63, 3.8) is 0 Å². The number of benzene rings is 1. The molecule has 0 saturated carbocycles. The van der Waals surface area contributed by atoms with Crippen molar-refractivity contribution in [1.29, 1.82) is 0 Å². The average molecular weight is 406 g/mol. The molecule has 3 rings (SSSR count). The lowest BCUT2D eigenvalue weighted by Crippen LogP contribution is -2.30. The zero-order valence-electron chi connectivity index (χ0n) is 16.1. The molecule has 2 heterocycles. The normalized spacial score (nSPS) is 12.4. The molecule has 0 aliphatic carbocycles. The molecule has 0 aliphatic rings. The van der Waals surface area contributed by atoms with E-state index in [4.69, 9.17) is 21.1 Å². The van der Waals surface area contributed by atoms with Crippen LogP contribution in [0.3, 0.4) is 0 Å². The molecule has 0 bridgehead atoms. The van der Waals surface area contributed by atoms with Crippen molar-refractivity contribution >= 4 is 22.6 Å². The number of nitrogens with zero attached hydrogens (tertiary/aromatic N) is 3. The average Bonchev–Trinajstić information content (AvgIpc) is 2.69. The number of aryl methyl sites for hydroxylation is 1. The van der Waals surface area contributed by atoms with Crippen LogP contribution < -0.4 is 10.3 Å². The summed E-state index contributed by atoms with van der Waals surface area (Å²) >= 11 is 6.36. The second-order valence-electron chi connectivity index (χ2n) is 6.38. The van der Waals surface area contributed by atoms with Gasteiger partial charge >= 0.3 is 0 Å². The minimum absolute atomic E-state index is 0.0428. The Morgan fingerprint density at radius 2 is 2.07 bits per heavy atom. The van der Waals surface area contributed by atoms with Crippen molar-refractivity contribution in [2.75, 3.05) is 20.8 Å². The highest BCUT2D eigenvalue weighted by Crippen LogP contribution is 2.35. The lowest BCUT2D eigenvalue weighted by molar-refractivity contribution is 0.153. The molecule has 0 fully saturated rings. The predicted octanol–water partition coefficient (Wildman–Crippen LogP) is 4.17. The molecule has 0 saturated heterocycles. The maximum absolute atomic E-state index is 14.3. The van der Waals surface area contributed by atoms with Gasteiger partial charge in [0.1, 0.15) is 11.2 Å². The molecule has 0 unspecified atom stereocenters. The number of hydrogen-bond donors (Lipinski definition) is 0. The van der Waals surface area contributed by atoms with E-state index < -0.39 is 5.82 Å². The van der Waals surface area contributed by atoms with E-state index in [-0.39, 0.29) is 22.4 Å². The Labute approximate surface area is 166 Å². The molecule has 2 aromatic heterocycles. The molecular weight excluding hydrogens is 385 g/mol. The highest BCUT2D eigenvalue weighted by Gasteiger charge is 2.20. The van der Waals surface area contributed by atoms with Crippen molar-refractivity contribution in [2.24, 2.45) is 0 Å². The van der Waals surface area contributed by atoms with Crippen LogP contribution in [0.5, 0.6) is 5.75 Å². The molecule has 0 N–H and O–H groups in total. The number of halogens is 2. The Balaban J connectivity index is 2.35. The van der Waals surface area contributed by atoms with Crippen LogP contribution in [-0.4, -0.2) is 35.4 Å². The van der Waals surface area contributed by atoms with E-state index in [1.54, 1.807) is 30.9 Å². The SMILES string of the molecule is CC[C@@H](COC)n1c(=O)c(C)nc2c(-c3cc(F)c(OC)cc3Cl)nccc21. The summed E-state index contributed by atoms with van der Waals surface area (Å²) in [5.41, 5.74) is 1.97. The van der Waals surface area contributed by atoms with E-state index in [1.165, 1.54) is 19.2 Å². The number of hydrogen-bond acceptors (Lipinski definition) is 5. The van der Waals surface area contributed by atoms with Gasteiger partial charge in [-0.15, -0.1) is 0 Å². The number of rotatable bonds is 6. The molecule has 1 atom stereocenters. The topological polar surface area (TPSA) is 66.2 Å². The van der Waals surface area contributed by atoms with Gasteiger partial charge in [0.2, 0.25) is 0 Å². The Morgan fingerprint density at radius 1 is 1.32 bits per heavy atom. The van der Waals surface area contributed by atoms with Gasteiger partial charge in [0.15, 0.2) is 11.6 Å². The first-order valence-electron chi connectivity index (χ1n) is 8.83. The number of fused-ring (bicyclic) bond motifs is 1. The fraction of sp³-hybridized carbons (Fsp3) is 0.350. The van der Waals surface area contributed by atoms with Gasteiger partial charge in [0, 0.05) is 24.9 Å². The minimum Gasteiger partial charge on any atom is -0.494 e. The lowest BCUT2D eigenvalue weighted by atomic mass is 10.1. The van der Waals surface area contributed by atoms with Crippen LogP contribution in [0, 0.1) is 12.7 Å².